The molecule has 1 aliphatic heterocycles. The zero-order valence-corrected chi connectivity index (χ0v) is 13.3. The van der Waals surface area contributed by atoms with Gasteiger partial charge in [0.2, 0.25) is 0 Å². The van der Waals surface area contributed by atoms with E-state index in [9.17, 15) is 0 Å². The number of nitrogens with zero attached hydrogens (tertiary/aromatic N) is 3. The van der Waals surface area contributed by atoms with E-state index >= 15 is 0 Å². The second-order valence-electron chi connectivity index (χ2n) is 5.31. The molecule has 0 radical (unpaired) electrons. The predicted octanol–water partition coefficient (Wildman–Crippen LogP) is 2.49. The summed E-state index contributed by atoms with van der Waals surface area (Å²) in [6, 6.07) is 4.78. The topological polar surface area (TPSA) is 47.1 Å². The summed E-state index contributed by atoms with van der Waals surface area (Å²) in [6.45, 7) is 3.23. The van der Waals surface area contributed by atoms with Crippen LogP contribution in [-0.4, -0.2) is 33.8 Å². The van der Waals surface area contributed by atoms with Crippen molar-refractivity contribution in [2.45, 2.75) is 25.4 Å². The number of hydrogen-bond donors (Lipinski definition) is 1. The minimum Gasteiger partial charge on any atom is -0.327 e. The zero-order valence-electron chi connectivity index (χ0n) is 11.7. The molecule has 4 nitrogen and oxygen atoms in total. The van der Waals surface area contributed by atoms with Gasteiger partial charge in [0.25, 0.3) is 0 Å². The second kappa shape index (κ2) is 6.72. The molecule has 1 atom stereocenters. The Bertz CT molecular complexity index is 551. The first-order chi connectivity index (χ1) is 9.20. The van der Waals surface area contributed by atoms with Crippen molar-refractivity contribution in [2.75, 3.05) is 13.1 Å². The van der Waals surface area contributed by atoms with Crippen molar-refractivity contribution < 1.29 is 0 Å². The van der Waals surface area contributed by atoms with Crippen LogP contribution in [0.4, 0.5) is 0 Å². The summed E-state index contributed by atoms with van der Waals surface area (Å²) in [4.78, 5) is 5.17. The summed E-state index contributed by atoms with van der Waals surface area (Å²) < 4.78 is 1.85. The molecule has 1 aliphatic rings. The Balaban J connectivity index is 0.00000147. The highest BCUT2D eigenvalue weighted by molar-refractivity contribution is 7.15. The van der Waals surface area contributed by atoms with E-state index in [2.05, 4.69) is 28.3 Å². The molecule has 1 unspecified atom stereocenters. The van der Waals surface area contributed by atoms with Gasteiger partial charge in [0.05, 0.1) is 6.20 Å². The van der Waals surface area contributed by atoms with Crippen molar-refractivity contribution in [3.05, 3.63) is 29.4 Å². The molecule has 2 aromatic heterocycles. The smallest absolute Gasteiger partial charge is 0.0576 e. The van der Waals surface area contributed by atoms with E-state index in [4.69, 9.17) is 5.73 Å². The zero-order chi connectivity index (χ0) is 13.2. The van der Waals surface area contributed by atoms with Crippen LogP contribution in [-0.2, 0) is 13.6 Å². The molecule has 20 heavy (non-hydrogen) atoms. The summed E-state index contributed by atoms with van der Waals surface area (Å²) in [5.74, 6) is 0. The van der Waals surface area contributed by atoms with Crippen molar-refractivity contribution in [2.24, 2.45) is 12.8 Å². The molecule has 0 bridgehead atoms. The third kappa shape index (κ3) is 3.61. The van der Waals surface area contributed by atoms with Crippen LogP contribution >= 0.6 is 23.7 Å². The number of aryl methyl sites for hydroxylation is 1. The molecular formula is C14H21ClN4S. The summed E-state index contributed by atoms with van der Waals surface area (Å²) in [6.07, 6.45) is 6.38. The van der Waals surface area contributed by atoms with Crippen molar-refractivity contribution in [1.82, 2.24) is 14.7 Å². The average Bonchev–Trinajstić information content (AvgIpc) is 2.98. The summed E-state index contributed by atoms with van der Waals surface area (Å²) in [7, 11) is 1.95. The maximum absolute atomic E-state index is 6.03. The lowest BCUT2D eigenvalue weighted by atomic mass is 10.1. The molecule has 3 heterocycles. The fraction of sp³-hybridized carbons (Fsp3) is 0.500. The third-order valence-electron chi connectivity index (χ3n) is 3.57. The lowest BCUT2D eigenvalue weighted by Crippen LogP contribution is -2.42. The standard InChI is InChI=1S/C14H20N4S.ClH/c1-17-8-11(7-16-17)14-5-4-13(19-14)10-18-6-2-3-12(15)9-18;/h4-5,7-8,12H,2-3,6,9-10,15H2,1H3;1H. The minimum absolute atomic E-state index is 0. The number of hydrogen-bond acceptors (Lipinski definition) is 4. The van der Waals surface area contributed by atoms with Crippen LogP contribution < -0.4 is 5.73 Å². The first kappa shape index (κ1) is 15.5. The second-order valence-corrected chi connectivity index (χ2v) is 6.47. The summed E-state index contributed by atoms with van der Waals surface area (Å²) in [5.41, 5.74) is 7.23. The van der Waals surface area contributed by atoms with Gasteiger partial charge < -0.3 is 5.73 Å². The molecule has 110 valence electrons. The molecule has 0 aliphatic carbocycles. The van der Waals surface area contributed by atoms with E-state index in [-0.39, 0.29) is 12.4 Å². The van der Waals surface area contributed by atoms with E-state index < -0.39 is 0 Å². The predicted molar refractivity (Wildman–Crippen MR) is 86.3 cm³/mol. The van der Waals surface area contributed by atoms with Crippen LogP contribution in [0.25, 0.3) is 10.4 Å². The number of piperidine rings is 1. The van der Waals surface area contributed by atoms with E-state index in [0.717, 1.165) is 13.1 Å². The monoisotopic (exact) mass is 312 g/mol. The van der Waals surface area contributed by atoms with Crippen LogP contribution in [0.3, 0.4) is 0 Å². The Hall–Kier alpha value is -0.880. The van der Waals surface area contributed by atoms with Gasteiger partial charge in [-0.1, -0.05) is 0 Å². The van der Waals surface area contributed by atoms with Crippen LogP contribution in [0.1, 0.15) is 17.7 Å². The Morgan fingerprint density at radius 1 is 1.45 bits per heavy atom. The van der Waals surface area contributed by atoms with Crippen LogP contribution in [0.5, 0.6) is 0 Å². The van der Waals surface area contributed by atoms with E-state index in [0.29, 0.717) is 6.04 Å². The van der Waals surface area contributed by atoms with Crippen molar-refractivity contribution in [3.8, 4) is 10.4 Å². The lowest BCUT2D eigenvalue weighted by Gasteiger charge is -2.30. The van der Waals surface area contributed by atoms with E-state index in [1.165, 1.54) is 34.7 Å². The number of rotatable bonds is 3. The molecule has 1 fully saturated rings. The molecule has 2 N–H and O–H groups in total. The van der Waals surface area contributed by atoms with Crippen molar-refractivity contribution in [1.29, 1.82) is 0 Å². The van der Waals surface area contributed by atoms with Gasteiger partial charge in [0.1, 0.15) is 0 Å². The first-order valence-electron chi connectivity index (χ1n) is 6.76. The molecular weight excluding hydrogens is 292 g/mol. The molecule has 0 spiro atoms. The quantitative estimate of drug-likeness (QED) is 0.947. The fourth-order valence-electron chi connectivity index (χ4n) is 2.62. The molecule has 3 rings (SSSR count). The highest BCUT2D eigenvalue weighted by atomic mass is 35.5. The highest BCUT2D eigenvalue weighted by Gasteiger charge is 2.17. The number of thiophene rings is 1. The Kier molecular flexibility index (Phi) is 5.21. The molecule has 0 amide bonds. The van der Waals surface area contributed by atoms with Gasteiger partial charge in [0, 0.05) is 47.7 Å². The first-order valence-corrected chi connectivity index (χ1v) is 7.58. The van der Waals surface area contributed by atoms with Gasteiger partial charge in [0.15, 0.2) is 0 Å². The highest BCUT2D eigenvalue weighted by Crippen LogP contribution is 2.28. The lowest BCUT2D eigenvalue weighted by molar-refractivity contribution is 0.203. The number of halogens is 1. The summed E-state index contributed by atoms with van der Waals surface area (Å²) >= 11 is 1.86. The minimum atomic E-state index is 0. The third-order valence-corrected chi connectivity index (χ3v) is 4.69. The Morgan fingerprint density at radius 3 is 3.00 bits per heavy atom. The Labute approximate surface area is 130 Å². The summed E-state index contributed by atoms with van der Waals surface area (Å²) in [5, 5.41) is 4.22. The van der Waals surface area contributed by atoms with Gasteiger partial charge in [-0.3, -0.25) is 9.58 Å². The van der Waals surface area contributed by atoms with Crippen LogP contribution in [0.15, 0.2) is 24.5 Å². The largest absolute Gasteiger partial charge is 0.327 e. The maximum atomic E-state index is 6.03. The average molecular weight is 313 g/mol. The fourth-order valence-corrected chi connectivity index (χ4v) is 3.65. The van der Waals surface area contributed by atoms with Crippen LogP contribution in [0.2, 0.25) is 0 Å². The molecule has 0 saturated carbocycles. The molecule has 2 aromatic rings. The maximum Gasteiger partial charge on any atom is 0.0576 e. The Morgan fingerprint density at radius 2 is 2.30 bits per heavy atom. The van der Waals surface area contributed by atoms with Gasteiger partial charge in [-0.2, -0.15) is 5.10 Å². The van der Waals surface area contributed by atoms with E-state index in [1.54, 1.807) is 0 Å². The normalized spacial score (nSPS) is 19.8. The van der Waals surface area contributed by atoms with Gasteiger partial charge >= 0.3 is 0 Å². The molecule has 1 saturated heterocycles. The molecule has 6 heteroatoms. The number of nitrogens with two attached hydrogens (primary N) is 1. The van der Waals surface area contributed by atoms with Crippen molar-refractivity contribution in [3.63, 3.8) is 0 Å². The van der Waals surface area contributed by atoms with Crippen molar-refractivity contribution >= 4 is 23.7 Å². The van der Waals surface area contributed by atoms with Gasteiger partial charge in [-0.05, 0) is 31.5 Å². The van der Waals surface area contributed by atoms with Gasteiger partial charge in [-0.15, -0.1) is 23.7 Å². The number of aromatic nitrogens is 2. The van der Waals surface area contributed by atoms with Crippen LogP contribution in [0, 0.1) is 0 Å². The van der Waals surface area contributed by atoms with Gasteiger partial charge in [-0.25, -0.2) is 0 Å². The SMILES string of the molecule is Cl.Cn1cc(-c2ccc(CN3CCCC(N)C3)s2)cn1. The van der Waals surface area contributed by atoms with E-state index in [1.807, 2.05) is 29.3 Å². The number of likely N-dealkylation sites (tertiary alicyclic amines) is 1. The molecule has 0 aromatic carbocycles.